The Morgan fingerprint density at radius 2 is 1.84 bits per heavy atom. The van der Waals surface area contributed by atoms with Gasteiger partial charge < -0.3 is 9.80 Å². The van der Waals surface area contributed by atoms with Crippen LogP contribution < -0.4 is 10.2 Å². The summed E-state index contributed by atoms with van der Waals surface area (Å²) in [7, 11) is 0. The number of likely N-dealkylation sites (N-methyl/N-ethyl adjacent to an activating group) is 1. The molecular formula is C25H24N4O2S. The zero-order valence-corrected chi connectivity index (χ0v) is 18.7. The Kier molecular flexibility index (Phi) is 5.68. The van der Waals surface area contributed by atoms with Crippen molar-refractivity contribution in [3.05, 3.63) is 65.2 Å². The average Bonchev–Trinajstić information content (AvgIpc) is 3.15. The van der Waals surface area contributed by atoms with Crippen LogP contribution in [-0.2, 0) is 4.79 Å². The van der Waals surface area contributed by atoms with Crippen molar-refractivity contribution in [2.24, 2.45) is 0 Å². The lowest BCUT2D eigenvalue weighted by Crippen LogP contribution is -2.46. The van der Waals surface area contributed by atoms with E-state index in [0.717, 1.165) is 72.1 Å². The summed E-state index contributed by atoms with van der Waals surface area (Å²) in [5.74, 6) is -0.358. The van der Waals surface area contributed by atoms with Crippen molar-refractivity contribution >= 4 is 45.6 Å². The standard InChI is InChI=1S/C25H24N4O2S/c1-2-28-10-12-29(13-11-28)19-8-6-18(7-9-19)20-4-3-5-22-21(20)14-17(16-26-22)15-23-24(30)27-25(31)32-23/h3-9,14-16H,2,10-13H2,1H3,(H,27,30,31). The number of carbonyl (C=O) groups is 2. The van der Waals surface area contributed by atoms with Gasteiger partial charge in [0.2, 0.25) is 0 Å². The number of pyridine rings is 1. The van der Waals surface area contributed by atoms with E-state index in [-0.39, 0.29) is 11.1 Å². The number of piperazine rings is 1. The largest absolute Gasteiger partial charge is 0.369 e. The number of rotatable bonds is 4. The molecule has 0 bridgehead atoms. The van der Waals surface area contributed by atoms with E-state index < -0.39 is 0 Å². The first-order valence-corrected chi connectivity index (χ1v) is 11.6. The number of hydrogen-bond donors (Lipinski definition) is 1. The Hall–Kier alpha value is -3.16. The maximum atomic E-state index is 11.9. The van der Waals surface area contributed by atoms with E-state index in [2.05, 4.69) is 57.4 Å². The van der Waals surface area contributed by atoms with Crippen molar-refractivity contribution < 1.29 is 9.59 Å². The summed E-state index contributed by atoms with van der Waals surface area (Å²) in [6.07, 6.45) is 3.45. The highest BCUT2D eigenvalue weighted by molar-refractivity contribution is 8.18. The molecule has 2 aliphatic rings. The van der Waals surface area contributed by atoms with E-state index >= 15 is 0 Å². The van der Waals surface area contributed by atoms with E-state index in [9.17, 15) is 9.59 Å². The second-order valence-corrected chi connectivity index (χ2v) is 8.98. The number of amides is 2. The van der Waals surface area contributed by atoms with Gasteiger partial charge in [-0.15, -0.1) is 0 Å². The molecule has 2 aromatic carbocycles. The van der Waals surface area contributed by atoms with Crippen LogP contribution in [0.1, 0.15) is 12.5 Å². The molecule has 1 N–H and O–H groups in total. The van der Waals surface area contributed by atoms with Crippen molar-refractivity contribution in [1.82, 2.24) is 15.2 Å². The number of anilines is 1. The summed E-state index contributed by atoms with van der Waals surface area (Å²) in [4.78, 5) is 33.2. The average molecular weight is 445 g/mol. The first-order chi connectivity index (χ1) is 15.6. The van der Waals surface area contributed by atoms with Gasteiger partial charge in [-0.3, -0.25) is 19.9 Å². The Morgan fingerprint density at radius 3 is 2.53 bits per heavy atom. The van der Waals surface area contributed by atoms with E-state index in [1.54, 1.807) is 12.3 Å². The molecule has 0 atom stereocenters. The van der Waals surface area contributed by atoms with Gasteiger partial charge in [-0.1, -0.05) is 31.2 Å². The third-order valence-corrected chi connectivity index (χ3v) is 6.86. The first kappa shape index (κ1) is 20.7. The molecule has 3 aromatic rings. The fourth-order valence-electron chi connectivity index (χ4n) is 4.24. The smallest absolute Gasteiger partial charge is 0.290 e. The number of nitrogens with zero attached hydrogens (tertiary/aromatic N) is 3. The molecule has 5 rings (SSSR count). The molecule has 2 aliphatic heterocycles. The van der Waals surface area contributed by atoms with Crippen LogP contribution >= 0.6 is 11.8 Å². The minimum atomic E-state index is -0.358. The Bertz CT molecular complexity index is 1210. The Balaban J connectivity index is 1.44. The second kappa shape index (κ2) is 8.76. The Morgan fingerprint density at radius 1 is 1.06 bits per heavy atom. The van der Waals surface area contributed by atoms with Gasteiger partial charge in [-0.2, -0.15) is 0 Å². The lowest BCUT2D eigenvalue weighted by molar-refractivity contribution is -0.115. The van der Waals surface area contributed by atoms with Crippen LogP contribution in [0.15, 0.2) is 59.6 Å². The molecule has 0 radical (unpaired) electrons. The number of imide groups is 1. The van der Waals surface area contributed by atoms with E-state index in [4.69, 9.17) is 0 Å². The summed E-state index contributed by atoms with van der Waals surface area (Å²) >= 11 is 0.917. The molecule has 2 fully saturated rings. The fourth-order valence-corrected chi connectivity index (χ4v) is 4.92. The van der Waals surface area contributed by atoms with Crippen molar-refractivity contribution in [2.75, 3.05) is 37.6 Å². The van der Waals surface area contributed by atoms with Gasteiger partial charge in [-0.05, 0) is 65.3 Å². The van der Waals surface area contributed by atoms with Gasteiger partial charge in [0.25, 0.3) is 11.1 Å². The zero-order chi connectivity index (χ0) is 22.1. The van der Waals surface area contributed by atoms with E-state index in [1.807, 2.05) is 18.2 Å². The molecule has 1 aromatic heterocycles. The molecule has 0 aliphatic carbocycles. The predicted molar refractivity (Wildman–Crippen MR) is 131 cm³/mol. The molecule has 162 valence electrons. The third-order valence-electron chi connectivity index (χ3n) is 6.05. The molecule has 32 heavy (non-hydrogen) atoms. The quantitative estimate of drug-likeness (QED) is 0.603. The topological polar surface area (TPSA) is 65.5 Å². The minimum absolute atomic E-state index is 0.341. The molecule has 0 spiro atoms. The van der Waals surface area contributed by atoms with Crippen LogP contribution in [-0.4, -0.2) is 53.8 Å². The molecule has 7 heteroatoms. The predicted octanol–water partition coefficient (Wildman–Crippen LogP) is 4.37. The van der Waals surface area contributed by atoms with Gasteiger partial charge in [0.05, 0.1) is 10.4 Å². The van der Waals surface area contributed by atoms with Crippen molar-refractivity contribution in [3.8, 4) is 11.1 Å². The highest BCUT2D eigenvalue weighted by Gasteiger charge is 2.25. The summed E-state index contributed by atoms with van der Waals surface area (Å²) in [6, 6.07) is 16.8. The summed E-state index contributed by atoms with van der Waals surface area (Å²) in [6.45, 7) is 7.64. The number of carbonyl (C=O) groups excluding carboxylic acids is 2. The number of fused-ring (bicyclic) bond motifs is 1. The molecule has 2 saturated heterocycles. The molecule has 2 amide bonds. The number of nitrogens with one attached hydrogen (secondary N) is 1. The lowest BCUT2D eigenvalue weighted by atomic mass is 9.99. The zero-order valence-electron chi connectivity index (χ0n) is 17.9. The highest BCUT2D eigenvalue weighted by Crippen LogP contribution is 2.32. The number of hydrogen-bond acceptors (Lipinski definition) is 6. The Labute approximate surface area is 191 Å². The van der Waals surface area contributed by atoms with Crippen LogP contribution in [0.4, 0.5) is 10.5 Å². The van der Waals surface area contributed by atoms with Crippen LogP contribution in [0.2, 0.25) is 0 Å². The first-order valence-electron chi connectivity index (χ1n) is 10.8. The van der Waals surface area contributed by atoms with Crippen LogP contribution in [0.25, 0.3) is 28.1 Å². The van der Waals surface area contributed by atoms with E-state index in [0.29, 0.717) is 4.91 Å². The molecular weight excluding hydrogens is 420 g/mol. The number of thioether (sulfide) groups is 1. The molecule has 0 saturated carbocycles. The number of aromatic nitrogens is 1. The lowest BCUT2D eigenvalue weighted by Gasteiger charge is -2.35. The fraction of sp³-hybridized carbons (Fsp3) is 0.240. The highest BCUT2D eigenvalue weighted by atomic mass is 32.2. The molecule has 0 unspecified atom stereocenters. The normalized spacial score (nSPS) is 18.5. The summed E-state index contributed by atoms with van der Waals surface area (Å²) < 4.78 is 0. The van der Waals surface area contributed by atoms with E-state index in [1.165, 1.54) is 5.69 Å². The molecule has 6 nitrogen and oxygen atoms in total. The van der Waals surface area contributed by atoms with Gasteiger partial charge in [0.1, 0.15) is 0 Å². The van der Waals surface area contributed by atoms with Crippen molar-refractivity contribution in [1.29, 1.82) is 0 Å². The summed E-state index contributed by atoms with van der Waals surface area (Å²) in [5.41, 5.74) is 5.16. The third kappa shape index (κ3) is 4.13. The van der Waals surface area contributed by atoms with Crippen LogP contribution in [0.3, 0.4) is 0 Å². The number of benzene rings is 2. The van der Waals surface area contributed by atoms with Crippen molar-refractivity contribution in [3.63, 3.8) is 0 Å². The maximum absolute atomic E-state index is 11.9. The molecule has 3 heterocycles. The van der Waals surface area contributed by atoms with Crippen molar-refractivity contribution in [2.45, 2.75) is 6.92 Å². The SMILES string of the molecule is CCN1CCN(c2ccc(-c3cccc4ncc(C=C5SC(=O)NC5=O)cc34)cc2)CC1. The second-order valence-electron chi connectivity index (χ2n) is 7.96. The van der Waals surface area contributed by atoms with Gasteiger partial charge in [0, 0.05) is 43.4 Å². The van der Waals surface area contributed by atoms with Gasteiger partial charge in [-0.25, -0.2) is 0 Å². The van der Waals surface area contributed by atoms with Gasteiger partial charge >= 0.3 is 0 Å². The summed E-state index contributed by atoms with van der Waals surface area (Å²) in [5, 5.41) is 2.96. The van der Waals surface area contributed by atoms with Crippen LogP contribution in [0.5, 0.6) is 0 Å². The minimum Gasteiger partial charge on any atom is -0.369 e. The maximum Gasteiger partial charge on any atom is 0.290 e. The monoisotopic (exact) mass is 444 g/mol. The van der Waals surface area contributed by atoms with Gasteiger partial charge in [0.15, 0.2) is 0 Å². The van der Waals surface area contributed by atoms with Crippen LogP contribution in [0, 0.1) is 0 Å².